The van der Waals surface area contributed by atoms with Gasteiger partial charge in [-0.15, -0.1) is 0 Å². The van der Waals surface area contributed by atoms with Crippen LogP contribution in [0.2, 0.25) is 5.02 Å². The smallest absolute Gasteiger partial charge is 0.340 e. The summed E-state index contributed by atoms with van der Waals surface area (Å²) in [5.74, 6) is -2.04. The summed E-state index contributed by atoms with van der Waals surface area (Å²) >= 11 is 5.76. The van der Waals surface area contributed by atoms with Crippen molar-refractivity contribution >= 4 is 34.9 Å². The van der Waals surface area contributed by atoms with E-state index in [1.54, 1.807) is 6.07 Å². The first-order valence-electron chi connectivity index (χ1n) is 6.24. The molecule has 114 valence electrons. The van der Waals surface area contributed by atoms with Gasteiger partial charge in [-0.25, -0.2) is 9.18 Å². The van der Waals surface area contributed by atoms with Gasteiger partial charge in [0.15, 0.2) is 6.61 Å². The fourth-order valence-corrected chi connectivity index (χ4v) is 1.84. The van der Waals surface area contributed by atoms with Gasteiger partial charge in [-0.2, -0.15) is 0 Å². The van der Waals surface area contributed by atoms with Gasteiger partial charge in [-0.05, 0) is 30.3 Å². The standard InChI is InChI=1S/C15H12ClFN2O3/c16-9-5-6-12(18)10(7-9)15(21)22-8-14(20)19-13-4-2-1-3-11(13)17/h1-7H,8,18H2,(H,19,20). The Labute approximate surface area is 130 Å². The van der Waals surface area contributed by atoms with E-state index in [-0.39, 0.29) is 16.9 Å². The number of hydrogen-bond donors (Lipinski definition) is 2. The number of nitrogens with one attached hydrogen (secondary N) is 1. The highest BCUT2D eigenvalue weighted by molar-refractivity contribution is 6.31. The highest BCUT2D eigenvalue weighted by Crippen LogP contribution is 2.19. The van der Waals surface area contributed by atoms with E-state index < -0.39 is 24.3 Å². The average molecular weight is 323 g/mol. The summed E-state index contributed by atoms with van der Waals surface area (Å²) in [6.45, 7) is -0.570. The molecule has 0 spiro atoms. The second kappa shape index (κ2) is 6.91. The number of hydrogen-bond acceptors (Lipinski definition) is 4. The number of para-hydroxylation sites is 1. The van der Waals surface area contributed by atoms with E-state index >= 15 is 0 Å². The Balaban J connectivity index is 1.95. The molecule has 0 aliphatic heterocycles. The van der Waals surface area contributed by atoms with Crippen molar-refractivity contribution in [2.45, 2.75) is 0 Å². The van der Waals surface area contributed by atoms with E-state index in [2.05, 4.69) is 5.32 Å². The highest BCUT2D eigenvalue weighted by Gasteiger charge is 2.14. The van der Waals surface area contributed by atoms with E-state index in [0.29, 0.717) is 5.02 Å². The molecule has 3 N–H and O–H groups in total. The lowest BCUT2D eigenvalue weighted by molar-refractivity contribution is -0.119. The third-order valence-electron chi connectivity index (χ3n) is 2.72. The van der Waals surface area contributed by atoms with Gasteiger partial charge >= 0.3 is 5.97 Å². The van der Waals surface area contributed by atoms with Crippen LogP contribution in [0, 0.1) is 5.82 Å². The normalized spacial score (nSPS) is 10.1. The van der Waals surface area contributed by atoms with Crippen molar-refractivity contribution in [2.24, 2.45) is 0 Å². The van der Waals surface area contributed by atoms with Crippen molar-refractivity contribution in [3.63, 3.8) is 0 Å². The molecule has 2 aromatic rings. The second-order valence-corrected chi connectivity index (χ2v) is 4.77. The molecule has 0 bridgehead atoms. The zero-order valence-electron chi connectivity index (χ0n) is 11.3. The number of amides is 1. The molecular weight excluding hydrogens is 311 g/mol. The van der Waals surface area contributed by atoms with Gasteiger partial charge in [-0.1, -0.05) is 23.7 Å². The summed E-state index contributed by atoms with van der Waals surface area (Å²) in [7, 11) is 0. The van der Waals surface area contributed by atoms with E-state index in [9.17, 15) is 14.0 Å². The largest absolute Gasteiger partial charge is 0.452 e. The summed E-state index contributed by atoms with van der Waals surface area (Å²) < 4.78 is 18.2. The molecule has 0 saturated carbocycles. The average Bonchev–Trinajstić information content (AvgIpc) is 2.49. The van der Waals surface area contributed by atoms with Crippen molar-refractivity contribution in [3.05, 3.63) is 58.9 Å². The molecule has 22 heavy (non-hydrogen) atoms. The minimum absolute atomic E-state index is 0.00539. The maximum atomic E-state index is 13.4. The molecule has 0 radical (unpaired) electrons. The van der Waals surface area contributed by atoms with Gasteiger partial charge in [0.2, 0.25) is 0 Å². The molecular formula is C15H12ClFN2O3. The molecule has 0 atom stereocenters. The molecule has 0 aromatic heterocycles. The van der Waals surface area contributed by atoms with Crippen LogP contribution in [0.15, 0.2) is 42.5 Å². The van der Waals surface area contributed by atoms with Gasteiger partial charge in [0.25, 0.3) is 5.91 Å². The highest BCUT2D eigenvalue weighted by atomic mass is 35.5. The second-order valence-electron chi connectivity index (χ2n) is 4.34. The van der Waals surface area contributed by atoms with E-state index in [1.165, 1.54) is 36.4 Å². The molecule has 0 unspecified atom stereocenters. The fourth-order valence-electron chi connectivity index (χ4n) is 1.66. The summed E-state index contributed by atoms with van der Waals surface area (Å²) in [6.07, 6.45) is 0. The summed E-state index contributed by atoms with van der Waals surface area (Å²) in [5, 5.41) is 2.61. The fraction of sp³-hybridized carbons (Fsp3) is 0.0667. The van der Waals surface area contributed by atoms with Gasteiger partial charge < -0.3 is 15.8 Å². The minimum Gasteiger partial charge on any atom is -0.452 e. The number of esters is 1. The van der Waals surface area contributed by atoms with Crippen molar-refractivity contribution in [2.75, 3.05) is 17.7 Å². The van der Waals surface area contributed by atoms with Crippen LogP contribution in [0.25, 0.3) is 0 Å². The van der Waals surface area contributed by atoms with Crippen molar-refractivity contribution in [3.8, 4) is 0 Å². The van der Waals surface area contributed by atoms with Gasteiger partial charge in [-0.3, -0.25) is 4.79 Å². The van der Waals surface area contributed by atoms with Crippen LogP contribution in [0.3, 0.4) is 0 Å². The molecule has 0 aliphatic carbocycles. The molecule has 5 nitrogen and oxygen atoms in total. The topological polar surface area (TPSA) is 81.4 Å². The number of ether oxygens (including phenoxy) is 1. The molecule has 2 aromatic carbocycles. The number of halogens is 2. The van der Waals surface area contributed by atoms with Crippen LogP contribution in [0.5, 0.6) is 0 Å². The van der Waals surface area contributed by atoms with Crippen molar-refractivity contribution < 1.29 is 18.7 Å². The predicted molar refractivity (Wildman–Crippen MR) is 81.2 cm³/mol. The molecule has 1 amide bonds. The lowest BCUT2D eigenvalue weighted by atomic mass is 10.2. The number of carbonyl (C=O) groups excluding carboxylic acids is 2. The first-order valence-corrected chi connectivity index (χ1v) is 6.61. The Morgan fingerprint density at radius 1 is 1.23 bits per heavy atom. The van der Waals surface area contributed by atoms with Gasteiger partial charge in [0.05, 0.1) is 11.3 Å². The number of carbonyl (C=O) groups is 2. The Kier molecular flexibility index (Phi) is 4.95. The molecule has 2 rings (SSSR count). The number of nitrogen functional groups attached to an aromatic ring is 1. The Bertz CT molecular complexity index is 722. The Hall–Kier alpha value is -2.60. The number of benzene rings is 2. The maximum Gasteiger partial charge on any atom is 0.340 e. The van der Waals surface area contributed by atoms with Gasteiger partial charge in [0.1, 0.15) is 5.82 Å². The van der Waals surface area contributed by atoms with E-state index in [1.807, 2.05) is 0 Å². The number of nitrogens with two attached hydrogens (primary N) is 1. The van der Waals surface area contributed by atoms with Crippen molar-refractivity contribution in [1.82, 2.24) is 0 Å². The molecule has 0 fully saturated rings. The zero-order valence-corrected chi connectivity index (χ0v) is 12.1. The molecule has 0 aliphatic rings. The van der Waals surface area contributed by atoms with Crippen LogP contribution >= 0.6 is 11.6 Å². The first kappa shape index (κ1) is 15.8. The Morgan fingerprint density at radius 2 is 1.95 bits per heavy atom. The van der Waals surface area contributed by atoms with Crippen LogP contribution < -0.4 is 11.1 Å². The van der Waals surface area contributed by atoms with Crippen LogP contribution in [0.1, 0.15) is 10.4 Å². The summed E-state index contributed by atoms with van der Waals surface area (Å²) in [6, 6.07) is 9.98. The van der Waals surface area contributed by atoms with E-state index in [4.69, 9.17) is 22.1 Å². The monoisotopic (exact) mass is 322 g/mol. The molecule has 0 saturated heterocycles. The number of rotatable bonds is 4. The zero-order chi connectivity index (χ0) is 16.1. The lowest BCUT2D eigenvalue weighted by Crippen LogP contribution is -2.21. The van der Waals surface area contributed by atoms with Crippen LogP contribution in [-0.4, -0.2) is 18.5 Å². The first-order chi connectivity index (χ1) is 10.5. The number of anilines is 2. The van der Waals surface area contributed by atoms with Gasteiger partial charge in [0, 0.05) is 10.7 Å². The maximum absolute atomic E-state index is 13.4. The van der Waals surface area contributed by atoms with Crippen LogP contribution in [-0.2, 0) is 9.53 Å². The van der Waals surface area contributed by atoms with Crippen LogP contribution in [0.4, 0.5) is 15.8 Å². The third-order valence-corrected chi connectivity index (χ3v) is 2.95. The van der Waals surface area contributed by atoms with E-state index in [0.717, 1.165) is 0 Å². The Morgan fingerprint density at radius 3 is 2.68 bits per heavy atom. The predicted octanol–water partition coefficient (Wildman–Crippen LogP) is 2.86. The van der Waals surface area contributed by atoms with Crippen molar-refractivity contribution in [1.29, 1.82) is 0 Å². The minimum atomic E-state index is -0.788. The summed E-state index contributed by atoms with van der Waals surface area (Å²) in [4.78, 5) is 23.5. The third kappa shape index (κ3) is 3.95. The quantitative estimate of drug-likeness (QED) is 0.670. The molecule has 0 heterocycles. The lowest BCUT2D eigenvalue weighted by Gasteiger charge is -2.08. The summed E-state index contributed by atoms with van der Waals surface area (Å²) in [5.41, 5.74) is 5.88. The SMILES string of the molecule is Nc1ccc(Cl)cc1C(=O)OCC(=O)Nc1ccccc1F. The molecule has 7 heteroatoms.